The molecule has 0 bridgehead atoms. The van der Waals surface area contributed by atoms with E-state index in [-0.39, 0.29) is 24.0 Å². The van der Waals surface area contributed by atoms with Crippen LogP contribution in [0, 0.1) is 5.92 Å². The van der Waals surface area contributed by atoms with Gasteiger partial charge in [0.15, 0.2) is 11.5 Å². The summed E-state index contributed by atoms with van der Waals surface area (Å²) in [5.74, 6) is -0.136. The Morgan fingerprint density at radius 2 is 1.97 bits per heavy atom. The van der Waals surface area contributed by atoms with Crippen molar-refractivity contribution >= 4 is 74.4 Å². The van der Waals surface area contributed by atoms with Gasteiger partial charge >= 0.3 is 0 Å². The number of fused-ring (bicyclic) bond motifs is 1. The summed E-state index contributed by atoms with van der Waals surface area (Å²) in [6.45, 7) is 0. The lowest BCUT2D eigenvalue weighted by Crippen LogP contribution is -2.14. The molecule has 2 aliphatic rings. The Labute approximate surface area is 230 Å². The molecule has 0 spiro atoms. The number of alkyl halides is 2. The molecular weight excluding hydrogens is 630 g/mol. The molecule has 2 N–H and O–H groups in total. The monoisotopic (exact) mass is 653 g/mol. The van der Waals surface area contributed by atoms with E-state index in [9.17, 15) is 13.6 Å². The number of amides is 1. The Balaban J connectivity index is 1.39. The van der Waals surface area contributed by atoms with Crippen LogP contribution in [0.4, 0.5) is 26.0 Å². The van der Waals surface area contributed by atoms with Gasteiger partial charge in [0, 0.05) is 28.6 Å². The van der Waals surface area contributed by atoms with Crippen LogP contribution in [0.3, 0.4) is 0 Å². The number of hydrogen-bond acceptors (Lipinski definition) is 6. The maximum absolute atomic E-state index is 13.8. The van der Waals surface area contributed by atoms with Crippen LogP contribution in [-0.4, -0.2) is 36.2 Å². The number of halogens is 3. The summed E-state index contributed by atoms with van der Waals surface area (Å²) in [5.41, 5.74) is 3.87. The van der Waals surface area contributed by atoms with E-state index >= 15 is 0 Å². The molecule has 37 heavy (non-hydrogen) atoms. The Hall–Kier alpha value is -2.31. The molecule has 4 aromatic rings. The molecule has 2 aliphatic carbocycles. The number of thioether (sulfide) groups is 1. The minimum Gasteiger partial charge on any atom is -0.353 e. The van der Waals surface area contributed by atoms with E-state index in [4.69, 9.17) is 5.10 Å². The summed E-state index contributed by atoms with van der Waals surface area (Å²) in [6, 6.07) is 10.2. The molecular formula is C24H23F2IN7OPS. The van der Waals surface area contributed by atoms with Gasteiger partial charge in [0.25, 0.3) is 6.43 Å². The lowest BCUT2D eigenvalue weighted by Gasteiger charge is -2.14. The third-order valence-electron chi connectivity index (χ3n) is 6.42. The number of pyridine rings is 1. The third-order valence-corrected chi connectivity index (χ3v) is 9.25. The molecule has 2 saturated carbocycles. The van der Waals surface area contributed by atoms with E-state index in [1.54, 1.807) is 17.8 Å². The first-order valence-corrected chi connectivity index (χ1v) is 17.1. The second-order valence-corrected chi connectivity index (χ2v) is 12.0. The zero-order valence-electron chi connectivity index (χ0n) is 19.7. The van der Waals surface area contributed by atoms with Crippen molar-refractivity contribution in [2.75, 3.05) is 16.9 Å². The van der Waals surface area contributed by atoms with E-state index in [0.717, 1.165) is 34.7 Å². The van der Waals surface area contributed by atoms with Crippen molar-refractivity contribution in [3.05, 3.63) is 42.4 Å². The van der Waals surface area contributed by atoms with Crippen LogP contribution in [0.2, 0.25) is 0 Å². The lowest BCUT2D eigenvalue weighted by atomic mass is 10.1. The molecule has 3 heterocycles. The molecule has 1 amide bonds. The summed E-state index contributed by atoms with van der Waals surface area (Å²) in [7, 11) is 0. The van der Waals surface area contributed by atoms with E-state index < -0.39 is 6.43 Å². The number of aromatic nitrogens is 5. The number of nitrogens with zero attached hydrogens (tertiary/aromatic N) is 5. The fourth-order valence-corrected chi connectivity index (χ4v) is 6.64. The lowest BCUT2D eigenvalue weighted by molar-refractivity contribution is -0.117. The zero-order chi connectivity index (χ0) is 25.7. The SMILES string of the molecule is CSc1cc(-c2ccn(C3CC3)n2)ccc1Nc1cc(NC(=O)C2CC2)nc2c1nc(C(F)F)n2PI. The highest BCUT2D eigenvalue weighted by atomic mass is 127. The van der Waals surface area contributed by atoms with Crippen molar-refractivity contribution in [3.8, 4) is 11.3 Å². The molecule has 192 valence electrons. The minimum atomic E-state index is -2.75. The van der Waals surface area contributed by atoms with Crippen molar-refractivity contribution in [1.29, 1.82) is 0 Å². The summed E-state index contributed by atoms with van der Waals surface area (Å²) >= 11 is 3.61. The number of carbonyl (C=O) groups excluding carboxylic acids is 1. The Bertz CT molecular complexity index is 1500. The van der Waals surface area contributed by atoms with Crippen molar-refractivity contribution in [2.45, 2.75) is 43.0 Å². The van der Waals surface area contributed by atoms with Crippen LogP contribution in [0.1, 0.15) is 44.0 Å². The largest absolute Gasteiger partial charge is 0.353 e. The maximum atomic E-state index is 13.8. The molecule has 0 radical (unpaired) electrons. The highest BCUT2D eigenvalue weighted by Crippen LogP contribution is 2.40. The molecule has 1 atom stereocenters. The van der Waals surface area contributed by atoms with E-state index in [2.05, 4.69) is 26.7 Å². The summed E-state index contributed by atoms with van der Waals surface area (Å²) in [4.78, 5) is 22.2. The first kappa shape index (κ1) is 25.0. The topological polar surface area (TPSA) is 89.7 Å². The fourth-order valence-electron chi connectivity index (χ4n) is 4.16. The number of hydrogen-bond donors (Lipinski definition) is 2. The number of nitrogens with one attached hydrogen (secondary N) is 2. The summed E-state index contributed by atoms with van der Waals surface area (Å²) in [6.07, 6.45) is 5.28. The molecule has 0 aliphatic heterocycles. The Morgan fingerprint density at radius 1 is 1.16 bits per heavy atom. The number of carbonyl (C=O) groups is 1. The van der Waals surface area contributed by atoms with Gasteiger partial charge in [-0.2, -0.15) is 5.10 Å². The van der Waals surface area contributed by atoms with E-state index in [1.165, 1.54) is 17.2 Å². The average Bonchev–Trinajstić information content (AvgIpc) is 3.83. The Kier molecular flexibility index (Phi) is 6.83. The van der Waals surface area contributed by atoms with Gasteiger partial charge in [-0.25, -0.2) is 18.7 Å². The second kappa shape index (κ2) is 10.1. The number of rotatable bonds is 9. The summed E-state index contributed by atoms with van der Waals surface area (Å²) in [5, 5.41) is 11.0. The van der Waals surface area contributed by atoms with Gasteiger partial charge in [0.05, 0.1) is 29.5 Å². The molecule has 1 unspecified atom stereocenters. The molecule has 6 rings (SSSR count). The van der Waals surface area contributed by atoms with Crippen molar-refractivity contribution in [3.63, 3.8) is 0 Å². The van der Waals surface area contributed by atoms with Gasteiger partial charge in [0.1, 0.15) is 11.3 Å². The molecule has 8 nitrogen and oxygen atoms in total. The highest BCUT2D eigenvalue weighted by Gasteiger charge is 2.30. The number of anilines is 3. The van der Waals surface area contributed by atoms with Crippen molar-refractivity contribution < 1.29 is 13.6 Å². The van der Waals surface area contributed by atoms with Crippen LogP contribution in [0.15, 0.2) is 41.4 Å². The van der Waals surface area contributed by atoms with E-state index in [1.807, 2.05) is 57.4 Å². The van der Waals surface area contributed by atoms with Gasteiger partial charge in [-0.15, -0.1) is 11.8 Å². The number of benzene rings is 1. The molecule has 3 aromatic heterocycles. The number of imidazole rings is 1. The molecule has 0 saturated heterocycles. The average molecular weight is 653 g/mol. The van der Waals surface area contributed by atoms with Crippen LogP contribution in [0.5, 0.6) is 0 Å². The third kappa shape index (κ3) is 5.07. The van der Waals surface area contributed by atoms with Gasteiger partial charge in [0.2, 0.25) is 5.91 Å². The molecule has 2 fully saturated rings. The smallest absolute Gasteiger partial charge is 0.295 e. The fraction of sp³-hybridized carbons (Fsp3) is 0.333. The normalized spacial score (nSPS) is 15.8. The quantitative estimate of drug-likeness (QED) is 0.113. The van der Waals surface area contributed by atoms with Gasteiger partial charge in [-0.1, -0.05) is 6.07 Å². The molecule has 13 heteroatoms. The van der Waals surface area contributed by atoms with Crippen molar-refractivity contribution in [2.24, 2.45) is 5.92 Å². The van der Waals surface area contributed by atoms with Crippen LogP contribution in [0.25, 0.3) is 22.4 Å². The maximum Gasteiger partial charge on any atom is 0.295 e. The van der Waals surface area contributed by atoms with Crippen LogP contribution < -0.4 is 10.6 Å². The predicted molar refractivity (Wildman–Crippen MR) is 153 cm³/mol. The Morgan fingerprint density at radius 3 is 2.65 bits per heavy atom. The van der Waals surface area contributed by atoms with Gasteiger partial charge in [-0.3, -0.25) is 13.8 Å². The first-order valence-electron chi connectivity index (χ1n) is 11.8. The van der Waals surface area contributed by atoms with Crippen LogP contribution in [-0.2, 0) is 4.79 Å². The van der Waals surface area contributed by atoms with E-state index in [0.29, 0.717) is 28.7 Å². The second-order valence-electron chi connectivity index (χ2n) is 9.13. The first-order chi connectivity index (χ1) is 17.9. The molecule has 1 aromatic carbocycles. The highest BCUT2D eigenvalue weighted by molar-refractivity contribution is 14.2. The standard InChI is InChI=1S/C24H23F2IN7OPS/c1-37-18-10-13(15-8-9-33(32-15)14-5-6-14)4-7-16(18)28-17-11-19(30-24(35)12-2-3-12)29-22-20(17)31-23(21(25)26)34(22)36-27/h4,7-12,14,21,36H,2-3,5-6H2,1H3,(H2,28,29,30,35). The minimum absolute atomic E-state index is 0.0130. The van der Waals surface area contributed by atoms with Gasteiger partial charge in [-0.05, 0) is 72.2 Å². The predicted octanol–water partition coefficient (Wildman–Crippen LogP) is 7.17. The van der Waals surface area contributed by atoms with Crippen molar-refractivity contribution in [1.82, 2.24) is 24.1 Å². The zero-order valence-corrected chi connectivity index (χ0v) is 23.7. The van der Waals surface area contributed by atoms with Crippen LogP contribution >= 0.6 is 40.2 Å². The van der Waals surface area contributed by atoms with Gasteiger partial charge < -0.3 is 10.6 Å². The summed E-state index contributed by atoms with van der Waals surface area (Å²) < 4.78 is 31.0.